The van der Waals surface area contributed by atoms with E-state index in [0.717, 1.165) is 30.1 Å². The lowest BCUT2D eigenvalue weighted by molar-refractivity contribution is 0.367. The van der Waals surface area contributed by atoms with Gasteiger partial charge in [0.1, 0.15) is 11.8 Å². The van der Waals surface area contributed by atoms with Crippen LogP contribution in [-0.2, 0) is 13.1 Å². The van der Waals surface area contributed by atoms with Gasteiger partial charge >= 0.3 is 0 Å². The number of nitriles is 1. The number of ether oxygens (including phenoxy) is 1. The molecule has 0 atom stereocenters. The molecule has 0 bridgehead atoms. The zero-order valence-corrected chi connectivity index (χ0v) is 9.89. The number of nitrogens with one attached hydrogen (secondary N) is 2. The van der Waals surface area contributed by atoms with Gasteiger partial charge in [0.25, 0.3) is 0 Å². The Labute approximate surface area is 105 Å². The highest BCUT2D eigenvalue weighted by atomic mass is 16.5. The molecule has 0 saturated carbocycles. The molecule has 0 aliphatic carbocycles. The van der Waals surface area contributed by atoms with E-state index in [0.29, 0.717) is 0 Å². The summed E-state index contributed by atoms with van der Waals surface area (Å²) in [6.45, 7) is 1.55. The summed E-state index contributed by atoms with van der Waals surface area (Å²) in [5, 5.41) is 18.5. The Morgan fingerprint density at radius 2 is 2.28 bits per heavy atom. The van der Waals surface area contributed by atoms with Gasteiger partial charge in [0.05, 0.1) is 0 Å². The number of aromatic nitrogens is 2. The maximum Gasteiger partial charge on any atom is 0.174 e. The van der Waals surface area contributed by atoms with Crippen LogP contribution in [0.1, 0.15) is 11.3 Å². The third-order valence-electron chi connectivity index (χ3n) is 2.40. The Hall–Kier alpha value is -2.32. The number of aromatic amines is 1. The summed E-state index contributed by atoms with van der Waals surface area (Å²) in [5.74, 6) is 0.720. The van der Waals surface area contributed by atoms with Crippen LogP contribution in [0.25, 0.3) is 0 Å². The minimum absolute atomic E-state index is 0.0744. The fraction of sp³-hybridized carbons (Fsp3) is 0.231. The van der Waals surface area contributed by atoms with Crippen molar-refractivity contribution in [2.45, 2.75) is 13.1 Å². The molecule has 18 heavy (non-hydrogen) atoms. The first kappa shape index (κ1) is 12.1. The first-order valence-corrected chi connectivity index (χ1v) is 5.66. The molecule has 1 aromatic heterocycles. The van der Waals surface area contributed by atoms with Gasteiger partial charge in [0.2, 0.25) is 0 Å². The summed E-state index contributed by atoms with van der Waals surface area (Å²) in [7, 11) is 0. The standard InChI is InChI=1S/C13H14N4O/c14-5-7-18-13-3-1-2-11(8-13)9-15-10-12-4-6-16-17-12/h1-4,6,8,15H,7,9-10H2,(H,16,17). The van der Waals surface area contributed by atoms with Gasteiger partial charge in [-0.25, -0.2) is 0 Å². The molecule has 5 nitrogen and oxygen atoms in total. The van der Waals surface area contributed by atoms with Gasteiger partial charge < -0.3 is 10.1 Å². The first-order chi connectivity index (χ1) is 8.88. The summed E-state index contributed by atoms with van der Waals surface area (Å²) in [4.78, 5) is 0. The van der Waals surface area contributed by atoms with E-state index < -0.39 is 0 Å². The third-order valence-corrected chi connectivity index (χ3v) is 2.40. The van der Waals surface area contributed by atoms with E-state index in [2.05, 4.69) is 15.5 Å². The number of rotatable bonds is 6. The molecule has 1 heterocycles. The minimum Gasteiger partial charge on any atom is -0.479 e. The van der Waals surface area contributed by atoms with Crippen molar-refractivity contribution in [1.82, 2.24) is 15.5 Å². The normalized spacial score (nSPS) is 9.94. The maximum atomic E-state index is 8.45. The monoisotopic (exact) mass is 242 g/mol. The molecule has 2 aromatic rings. The summed E-state index contributed by atoms with van der Waals surface area (Å²) in [5.41, 5.74) is 2.16. The van der Waals surface area contributed by atoms with Crippen molar-refractivity contribution in [2.24, 2.45) is 0 Å². The zero-order valence-electron chi connectivity index (χ0n) is 9.89. The molecule has 0 spiro atoms. The van der Waals surface area contributed by atoms with Crippen LogP contribution in [0.4, 0.5) is 0 Å². The van der Waals surface area contributed by atoms with Crippen LogP contribution in [-0.4, -0.2) is 16.8 Å². The van der Waals surface area contributed by atoms with Crippen LogP contribution in [0.5, 0.6) is 5.75 Å². The predicted molar refractivity (Wildman–Crippen MR) is 66.7 cm³/mol. The summed E-state index contributed by atoms with van der Waals surface area (Å²) < 4.78 is 5.24. The summed E-state index contributed by atoms with van der Waals surface area (Å²) in [6, 6.07) is 11.6. The fourth-order valence-corrected chi connectivity index (χ4v) is 1.59. The summed E-state index contributed by atoms with van der Waals surface area (Å²) in [6.07, 6.45) is 1.73. The van der Waals surface area contributed by atoms with Gasteiger partial charge in [-0.1, -0.05) is 12.1 Å². The van der Waals surface area contributed by atoms with Crippen LogP contribution in [0.2, 0.25) is 0 Å². The molecule has 92 valence electrons. The molecule has 0 radical (unpaired) electrons. The second-order valence-corrected chi connectivity index (χ2v) is 3.78. The van der Waals surface area contributed by atoms with Crippen LogP contribution < -0.4 is 10.1 Å². The molecule has 0 amide bonds. The molecule has 0 fully saturated rings. The zero-order chi connectivity index (χ0) is 12.6. The Kier molecular flexibility index (Phi) is 4.33. The maximum absolute atomic E-state index is 8.45. The van der Waals surface area contributed by atoms with Crippen molar-refractivity contribution >= 4 is 0 Å². The lowest BCUT2D eigenvalue weighted by Crippen LogP contribution is -2.13. The van der Waals surface area contributed by atoms with Crippen LogP contribution in [0.15, 0.2) is 36.5 Å². The van der Waals surface area contributed by atoms with E-state index >= 15 is 0 Å². The first-order valence-electron chi connectivity index (χ1n) is 5.66. The highest BCUT2D eigenvalue weighted by Gasteiger charge is 1.98. The van der Waals surface area contributed by atoms with Crippen molar-refractivity contribution in [3.8, 4) is 11.8 Å². The SMILES string of the molecule is N#CCOc1cccc(CNCc2ccn[nH]2)c1. The van der Waals surface area contributed by atoms with Gasteiger partial charge in [-0.15, -0.1) is 0 Å². The number of nitrogens with zero attached hydrogens (tertiary/aromatic N) is 2. The largest absolute Gasteiger partial charge is 0.479 e. The van der Waals surface area contributed by atoms with Crippen molar-refractivity contribution in [3.05, 3.63) is 47.8 Å². The van der Waals surface area contributed by atoms with E-state index in [1.807, 2.05) is 36.4 Å². The van der Waals surface area contributed by atoms with Gasteiger partial charge in [0, 0.05) is 25.0 Å². The number of H-pyrrole nitrogens is 1. The van der Waals surface area contributed by atoms with E-state index in [-0.39, 0.29) is 6.61 Å². The second kappa shape index (κ2) is 6.42. The lowest BCUT2D eigenvalue weighted by Gasteiger charge is -2.06. The Bertz CT molecular complexity index is 516. The molecule has 0 unspecified atom stereocenters. The van der Waals surface area contributed by atoms with Crippen molar-refractivity contribution < 1.29 is 4.74 Å². The van der Waals surface area contributed by atoms with Crippen LogP contribution in [0.3, 0.4) is 0 Å². The van der Waals surface area contributed by atoms with E-state index in [1.165, 1.54) is 0 Å². The van der Waals surface area contributed by atoms with E-state index in [1.54, 1.807) is 6.20 Å². The average molecular weight is 242 g/mol. The molecule has 0 saturated heterocycles. The van der Waals surface area contributed by atoms with E-state index in [9.17, 15) is 0 Å². The highest BCUT2D eigenvalue weighted by Crippen LogP contribution is 2.13. The van der Waals surface area contributed by atoms with Crippen LogP contribution in [0, 0.1) is 11.3 Å². The molecule has 1 aromatic carbocycles. The van der Waals surface area contributed by atoms with Crippen molar-refractivity contribution in [1.29, 1.82) is 5.26 Å². The third kappa shape index (κ3) is 3.61. The number of benzene rings is 1. The van der Waals surface area contributed by atoms with Gasteiger partial charge in [-0.2, -0.15) is 10.4 Å². The molecule has 0 aliphatic rings. The number of hydrogen-bond donors (Lipinski definition) is 2. The second-order valence-electron chi connectivity index (χ2n) is 3.78. The fourth-order valence-electron chi connectivity index (χ4n) is 1.59. The Morgan fingerprint density at radius 1 is 1.33 bits per heavy atom. The molecule has 5 heteroatoms. The predicted octanol–water partition coefficient (Wildman–Crippen LogP) is 1.60. The minimum atomic E-state index is 0.0744. The molecular formula is C13H14N4O. The Balaban J connectivity index is 1.83. The van der Waals surface area contributed by atoms with Gasteiger partial charge in [0.15, 0.2) is 6.61 Å². The van der Waals surface area contributed by atoms with Gasteiger partial charge in [-0.3, -0.25) is 5.10 Å². The van der Waals surface area contributed by atoms with E-state index in [4.69, 9.17) is 10.00 Å². The lowest BCUT2D eigenvalue weighted by atomic mass is 10.2. The molecule has 0 aliphatic heterocycles. The van der Waals surface area contributed by atoms with Crippen LogP contribution >= 0.6 is 0 Å². The molecule has 2 rings (SSSR count). The average Bonchev–Trinajstić information content (AvgIpc) is 2.90. The molecular weight excluding hydrogens is 228 g/mol. The quantitative estimate of drug-likeness (QED) is 0.807. The topological polar surface area (TPSA) is 73.7 Å². The highest BCUT2D eigenvalue weighted by molar-refractivity contribution is 5.28. The Morgan fingerprint density at radius 3 is 3.06 bits per heavy atom. The smallest absolute Gasteiger partial charge is 0.174 e. The summed E-state index contributed by atoms with van der Waals surface area (Å²) >= 11 is 0. The van der Waals surface area contributed by atoms with Crippen molar-refractivity contribution in [3.63, 3.8) is 0 Å². The van der Waals surface area contributed by atoms with Gasteiger partial charge in [-0.05, 0) is 23.8 Å². The van der Waals surface area contributed by atoms with Crippen molar-refractivity contribution in [2.75, 3.05) is 6.61 Å². The molecule has 2 N–H and O–H groups in total. The number of hydrogen-bond acceptors (Lipinski definition) is 4.